The Morgan fingerprint density at radius 2 is 2.04 bits per heavy atom. The van der Waals surface area contributed by atoms with Gasteiger partial charge in [0.05, 0.1) is 24.5 Å². The third-order valence-corrected chi connectivity index (χ3v) is 4.43. The van der Waals surface area contributed by atoms with Crippen molar-refractivity contribution in [1.29, 1.82) is 0 Å². The molecule has 7 nitrogen and oxygen atoms in total. The van der Waals surface area contributed by atoms with Crippen LogP contribution in [-0.4, -0.2) is 47.0 Å². The number of rotatable bonds is 4. The van der Waals surface area contributed by atoms with Crippen LogP contribution in [0.1, 0.15) is 27.3 Å². The molecular weight excluding hydrogens is 306 g/mol. The topological polar surface area (TPSA) is 72.3 Å². The number of anilines is 1. The molecule has 0 spiro atoms. The van der Waals surface area contributed by atoms with Crippen LogP contribution in [0.15, 0.2) is 18.3 Å². The third kappa shape index (κ3) is 3.41. The van der Waals surface area contributed by atoms with E-state index >= 15 is 0 Å². The van der Waals surface area contributed by atoms with Gasteiger partial charge in [-0.3, -0.25) is 9.48 Å². The quantitative estimate of drug-likeness (QED) is 0.912. The van der Waals surface area contributed by atoms with Gasteiger partial charge in [-0.15, -0.1) is 0 Å². The van der Waals surface area contributed by atoms with Crippen LogP contribution >= 0.6 is 0 Å². The molecule has 24 heavy (non-hydrogen) atoms. The van der Waals surface area contributed by atoms with Gasteiger partial charge in [-0.1, -0.05) is 0 Å². The second kappa shape index (κ2) is 7.00. The van der Waals surface area contributed by atoms with E-state index in [0.29, 0.717) is 25.3 Å². The van der Waals surface area contributed by atoms with Gasteiger partial charge in [0.25, 0.3) is 5.91 Å². The standard InChI is InChI=1S/C17H23N5O2/c1-12-15(13(2)21(3)20-12)11-19-17(23)14-4-5-16(18-10-14)22-6-8-24-9-7-22/h4-5,10H,6-9,11H2,1-3H3,(H,19,23). The summed E-state index contributed by atoms with van der Waals surface area (Å²) in [5.74, 6) is 0.757. The highest BCUT2D eigenvalue weighted by molar-refractivity contribution is 5.94. The van der Waals surface area contributed by atoms with Crippen molar-refractivity contribution >= 4 is 11.7 Å². The molecule has 0 saturated carbocycles. The molecule has 3 heterocycles. The Hall–Kier alpha value is -2.41. The zero-order chi connectivity index (χ0) is 17.1. The van der Waals surface area contributed by atoms with Crippen molar-refractivity contribution in [2.45, 2.75) is 20.4 Å². The van der Waals surface area contributed by atoms with Gasteiger partial charge in [0.15, 0.2) is 0 Å². The summed E-state index contributed by atoms with van der Waals surface area (Å²) in [7, 11) is 1.90. The minimum Gasteiger partial charge on any atom is -0.378 e. The summed E-state index contributed by atoms with van der Waals surface area (Å²) in [6.07, 6.45) is 1.63. The van der Waals surface area contributed by atoms with Gasteiger partial charge in [0, 0.05) is 44.1 Å². The summed E-state index contributed by atoms with van der Waals surface area (Å²) in [6, 6.07) is 3.71. The molecule has 7 heteroatoms. The Bertz CT molecular complexity index is 717. The minimum atomic E-state index is -0.126. The number of hydrogen-bond acceptors (Lipinski definition) is 5. The van der Waals surface area contributed by atoms with Gasteiger partial charge < -0.3 is 15.0 Å². The normalized spacial score (nSPS) is 14.7. The highest BCUT2D eigenvalue weighted by atomic mass is 16.5. The number of ether oxygens (including phenoxy) is 1. The zero-order valence-electron chi connectivity index (χ0n) is 14.4. The van der Waals surface area contributed by atoms with Crippen molar-refractivity contribution in [1.82, 2.24) is 20.1 Å². The molecule has 0 bridgehead atoms. The van der Waals surface area contributed by atoms with Crippen LogP contribution in [0.4, 0.5) is 5.82 Å². The van der Waals surface area contributed by atoms with E-state index in [1.165, 1.54) is 0 Å². The fourth-order valence-corrected chi connectivity index (χ4v) is 2.84. The molecule has 0 unspecified atom stereocenters. The lowest BCUT2D eigenvalue weighted by atomic mass is 10.2. The number of pyridine rings is 1. The summed E-state index contributed by atoms with van der Waals surface area (Å²) in [5.41, 5.74) is 3.62. The first kappa shape index (κ1) is 16.4. The predicted octanol–water partition coefficient (Wildman–Crippen LogP) is 1.20. The second-order valence-corrected chi connectivity index (χ2v) is 5.96. The molecule has 128 valence electrons. The summed E-state index contributed by atoms with van der Waals surface area (Å²) >= 11 is 0. The van der Waals surface area contributed by atoms with E-state index in [1.54, 1.807) is 6.20 Å². The molecule has 0 atom stereocenters. The largest absolute Gasteiger partial charge is 0.378 e. The average molecular weight is 329 g/mol. The Balaban J connectivity index is 1.62. The van der Waals surface area contributed by atoms with Crippen LogP contribution in [0.25, 0.3) is 0 Å². The molecule has 1 fully saturated rings. The second-order valence-electron chi connectivity index (χ2n) is 5.96. The molecule has 3 rings (SSSR count). The monoisotopic (exact) mass is 329 g/mol. The maximum Gasteiger partial charge on any atom is 0.253 e. The van der Waals surface area contributed by atoms with E-state index in [-0.39, 0.29) is 5.91 Å². The molecule has 1 N–H and O–H groups in total. The highest BCUT2D eigenvalue weighted by Crippen LogP contribution is 2.14. The fraction of sp³-hybridized carbons (Fsp3) is 0.471. The van der Waals surface area contributed by atoms with E-state index in [4.69, 9.17) is 4.74 Å². The predicted molar refractivity (Wildman–Crippen MR) is 91.1 cm³/mol. The third-order valence-electron chi connectivity index (χ3n) is 4.43. The first-order valence-corrected chi connectivity index (χ1v) is 8.12. The van der Waals surface area contributed by atoms with Gasteiger partial charge in [-0.2, -0.15) is 5.10 Å². The summed E-state index contributed by atoms with van der Waals surface area (Å²) in [5, 5.41) is 7.31. The molecular formula is C17H23N5O2. The van der Waals surface area contributed by atoms with Crippen molar-refractivity contribution in [3.05, 3.63) is 40.8 Å². The van der Waals surface area contributed by atoms with Crippen molar-refractivity contribution in [2.75, 3.05) is 31.2 Å². The van der Waals surface area contributed by atoms with Crippen molar-refractivity contribution in [3.8, 4) is 0 Å². The van der Waals surface area contributed by atoms with Gasteiger partial charge in [0.2, 0.25) is 0 Å². The number of morpholine rings is 1. The lowest BCUT2D eigenvalue weighted by Crippen LogP contribution is -2.36. The number of carbonyl (C=O) groups excluding carboxylic acids is 1. The molecule has 2 aromatic rings. The molecule has 0 aromatic carbocycles. The Kier molecular flexibility index (Phi) is 4.80. The van der Waals surface area contributed by atoms with E-state index < -0.39 is 0 Å². The number of carbonyl (C=O) groups is 1. The molecule has 0 radical (unpaired) electrons. The molecule has 1 aliphatic heterocycles. The van der Waals surface area contributed by atoms with Gasteiger partial charge >= 0.3 is 0 Å². The molecule has 1 amide bonds. The van der Waals surface area contributed by atoms with Crippen LogP contribution in [0.2, 0.25) is 0 Å². The van der Waals surface area contributed by atoms with E-state index in [1.807, 2.05) is 37.7 Å². The Morgan fingerprint density at radius 1 is 1.29 bits per heavy atom. The van der Waals surface area contributed by atoms with Gasteiger partial charge in [-0.25, -0.2) is 4.98 Å². The summed E-state index contributed by atoms with van der Waals surface area (Å²) in [4.78, 5) is 18.9. The fourth-order valence-electron chi connectivity index (χ4n) is 2.84. The number of amides is 1. The number of aryl methyl sites for hydroxylation is 2. The van der Waals surface area contributed by atoms with Crippen LogP contribution < -0.4 is 10.2 Å². The Labute approximate surface area is 141 Å². The van der Waals surface area contributed by atoms with E-state index in [0.717, 1.165) is 35.9 Å². The van der Waals surface area contributed by atoms with Crippen molar-refractivity contribution < 1.29 is 9.53 Å². The van der Waals surface area contributed by atoms with Crippen LogP contribution in [-0.2, 0) is 18.3 Å². The maximum atomic E-state index is 12.3. The minimum absolute atomic E-state index is 0.126. The number of nitrogens with zero attached hydrogens (tertiary/aromatic N) is 4. The molecule has 2 aromatic heterocycles. The first-order valence-electron chi connectivity index (χ1n) is 8.12. The van der Waals surface area contributed by atoms with Crippen LogP contribution in [0, 0.1) is 13.8 Å². The summed E-state index contributed by atoms with van der Waals surface area (Å²) in [6.45, 7) is 7.51. The van der Waals surface area contributed by atoms with E-state index in [9.17, 15) is 4.79 Å². The Morgan fingerprint density at radius 3 is 2.62 bits per heavy atom. The highest BCUT2D eigenvalue weighted by Gasteiger charge is 2.14. The maximum absolute atomic E-state index is 12.3. The van der Waals surface area contributed by atoms with Crippen molar-refractivity contribution in [2.24, 2.45) is 7.05 Å². The lowest BCUT2D eigenvalue weighted by Gasteiger charge is -2.27. The number of hydrogen-bond donors (Lipinski definition) is 1. The van der Waals surface area contributed by atoms with Crippen molar-refractivity contribution in [3.63, 3.8) is 0 Å². The lowest BCUT2D eigenvalue weighted by molar-refractivity contribution is 0.0950. The smallest absolute Gasteiger partial charge is 0.253 e. The van der Waals surface area contributed by atoms with Gasteiger partial charge in [-0.05, 0) is 26.0 Å². The zero-order valence-corrected chi connectivity index (χ0v) is 14.4. The van der Waals surface area contributed by atoms with Gasteiger partial charge in [0.1, 0.15) is 5.82 Å². The van der Waals surface area contributed by atoms with Crippen LogP contribution in [0.5, 0.6) is 0 Å². The molecule has 1 aliphatic rings. The number of aromatic nitrogens is 3. The molecule has 1 saturated heterocycles. The molecule has 0 aliphatic carbocycles. The van der Waals surface area contributed by atoms with Crippen LogP contribution in [0.3, 0.4) is 0 Å². The first-order chi connectivity index (χ1) is 11.6. The SMILES string of the molecule is Cc1nn(C)c(C)c1CNC(=O)c1ccc(N2CCOCC2)nc1. The van der Waals surface area contributed by atoms with E-state index in [2.05, 4.69) is 20.3 Å². The average Bonchev–Trinajstić information content (AvgIpc) is 2.86. The number of nitrogens with one attached hydrogen (secondary N) is 1. The summed E-state index contributed by atoms with van der Waals surface area (Å²) < 4.78 is 7.17.